The number of ether oxygens (including phenoxy) is 2. The highest BCUT2D eigenvalue weighted by molar-refractivity contribution is 6.32. The summed E-state index contributed by atoms with van der Waals surface area (Å²) in [6.07, 6.45) is 2.57. The van der Waals surface area contributed by atoms with Crippen LogP contribution in [0.5, 0.6) is 11.5 Å². The summed E-state index contributed by atoms with van der Waals surface area (Å²) in [5, 5.41) is 9.03. The van der Waals surface area contributed by atoms with Gasteiger partial charge in [0, 0.05) is 12.1 Å². The summed E-state index contributed by atoms with van der Waals surface area (Å²) in [5.41, 5.74) is 0.807. The Morgan fingerprint density at radius 3 is 2.83 bits per heavy atom. The van der Waals surface area contributed by atoms with Crippen LogP contribution in [0.25, 0.3) is 6.08 Å². The molecule has 2 aromatic rings. The Labute approximate surface area is 143 Å². The van der Waals surface area contributed by atoms with Crippen LogP contribution in [0.3, 0.4) is 0 Å². The van der Waals surface area contributed by atoms with Crippen molar-refractivity contribution < 1.29 is 18.7 Å². The Morgan fingerprint density at radius 1 is 1.38 bits per heavy atom. The Balaban J connectivity index is 2.21. The first-order valence-electron chi connectivity index (χ1n) is 7.05. The number of benzene rings is 2. The highest BCUT2D eigenvalue weighted by atomic mass is 35.5. The van der Waals surface area contributed by atoms with Crippen LogP contribution < -0.4 is 9.47 Å². The molecule has 0 aliphatic heterocycles. The second-order valence-electron chi connectivity index (χ2n) is 4.64. The number of halogens is 2. The molecule has 0 aromatic heterocycles. The van der Waals surface area contributed by atoms with Gasteiger partial charge in [0.25, 0.3) is 0 Å². The number of hydrogen-bond donors (Lipinski definition) is 0. The molecule has 24 heavy (non-hydrogen) atoms. The van der Waals surface area contributed by atoms with E-state index in [0.717, 1.165) is 6.08 Å². The van der Waals surface area contributed by atoms with E-state index in [1.54, 1.807) is 13.0 Å². The van der Waals surface area contributed by atoms with Gasteiger partial charge in [-0.2, -0.15) is 5.26 Å². The standard InChI is InChI=1S/C18H13ClFNO3/c1-2-23-16-10-13(11-21)9-15(19)18(16)24-17(22)7-6-12-4-3-5-14(20)8-12/h3-10H,2H2,1H3/b7-6+. The number of hydrogen-bond acceptors (Lipinski definition) is 4. The van der Waals surface area contributed by atoms with Crippen LogP contribution in [0.4, 0.5) is 4.39 Å². The summed E-state index contributed by atoms with van der Waals surface area (Å²) in [6.45, 7) is 2.07. The largest absolute Gasteiger partial charge is 0.490 e. The number of nitriles is 1. The first-order valence-corrected chi connectivity index (χ1v) is 7.43. The van der Waals surface area contributed by atoms with E-state index >= 15 is 0 Å². The summed E-state index contributed by atoms with van der Waals surface area (Å²) < 4.78 is 23.6. The molecule has 0 radical (unpaired) electrons. The van der Waals surface area contributed by atoms with E-state index in [2.05, 4.69) is 0 Å². The number of esters is 1. The van der Waals surface area contributed by atoms with Crippen LogP contribution in [0.15, 0.2) is 42.5 Å². The summed E-state index contributed by atoms with van der Waals surface area (Å²) in [7, 11) is 0. The molecule has 4 nitrogen and oxygen atoms in total. The fraction of sp³-hybridized carbons (Fsp3) is 0.111. The first-order chi connectivity index (χ1) is 11.5. The summed E-state index contributed by atoms with van der Waals surface area (Å²) in [5.74, 6) is -0.869. The average molecular weight is 346 g/mol. The lowest BCUT2D eigenvalue weighted by atomic mass is 10.2. The van der Waals surface area contributed by atoms with Gasteiger partial charge in [-0.25, -0.2) is 9.18 Å². The van der Waals surface area contributed by atoms with Crippen molar-refractivity contribution in [2.24, 2.45) is 0 Å². The molecule has 0 spiro atoms. The van der Waals surface area contributed by atoms with Crippen LogP contribution >= 0.6 is 11.6 Å². The first kappa shape index (κ1) is 17.5. The van der Waals surface area contributed by atoms with Crippen molar-refractivity contribution in [3.63, 3.8) is 0 Å². The van der Waals surface area contributed by atoms with Gasteiger partial charge >= 0.3 is 5.97 Å². The van der Waals surface area contributed by atoms with Gasteiger partial charge in [-0.05, 0) is 36.8 Å². The maximum Gasteiger partial charge on any atom is 0.336 e. The fourth-order valence-corrected chi connectivity index (χ4v) is 2.15. The maximum atomic E-state index is 13.1. The van der Waals surface area contributed by atoms with Crippen molar-refractivity contribution in [2.75, 3.05) is 6.61 Å². The zero-order valence-electron chi connectivity index (χ0n) is 12.8. The predicted octanol–water partition coefficient (Wildman–Crippen LogP) is 4.37. The van der Waals surface area contributed by atoms with Crippen molar-refractivity contribution >= 4 is 23.6 Å². The molecule has 122 valence electrons. The van der Waals surface area contributed by atoms with E-state index in [1.807, 2.05) is 6.07 Å². The van der Waals surface area contributed by atoms with Crippen molar-refractivity contribution in [2.45, 2.75) is 6.92 Å². The van der Waals surface area contributed by atoms with E-state index in [9.17, 15) is 9.18 Å². The third-order valence-corrected chi connectivity index (χ3v) is 3.18. The van der Waals surface area contributed by atoms with Gasteiger partial charge in [-0.15, -0.1) is 0 Å². The molecule has 0 atom stereocenters. The van der Waals surface area contributed by atoms with Gasteiger partial charge in [-0.1, -0.05) is 23.7 Å². The van der Waals surface area contributed by atoms with Crippen LogP contribution in [0, 0.1) is 17.1 Å². The summed E-state index contributed by atoms with van der Waals surface area (Å²) in [4.78, 5) is 12.0. The summed E-state index contributed by atoms with van der Waals surface area (Å²) in [6, 6.07) is 10.5. The Bertz CT molecular complexity index is 827. The van der Waals surface area contributed by atoms with Crippen molar-refractivity contribution in [1.82, 2.24) is 0 Å². The monoisotopic (exact) mass is 345 g/mol. The van der Waals surface area contributed by atoms with E-state index in [0.29, 0.717) is 17.7 Å². The molecule has 6 heteroatoms. The average Bonchev–Trinajstić information content (AvgIpc) is 2.56. The Morgan fingerprint density at radius 2 is 2.17 bits per heavy atom. The molecule has 0 aliphatic carbocycles. The maximum absolute atomic E-state index is 13.1. The minimum absolute atomic E-state index is 0.0337. The summed E-state index contributed by atoms with van der Waals surface area (Å²) >= 11 is 6.05. The van der Waals surface area contributed by atoms with Gasteiger partial charge in [0.15, 0.2) is 11.5 Å². The smallest absolute Gasteiger partial charge is 0.336 e. The highest BCUT2D eigenvalue weighted by Crippen LogP contribution is 2.36. The molecule has 0 N–H and O–H groups in total. The molecule has 0 saturated carbocycles. The molecule has 0 aliphatic rings. The Kier molecular flexibility index (Phi) is 5.94. The van der Waals surface area contributed by atoms with Gasteiger partial charge in [0.1, 0.15) is 5.82 Å². The van der Waals surface area contributed by atoms with E-state index in [4.69, 9.17) is 26.3 Å². The quantitative estimate of drug-likeness (QED) is 0.458. The molecule has 0 unspecified atom stereocenters. The van der Waals surface area contributed by atoms with Crippen LogP contribution in [-0.4, -0.2) is 12.6 Å². The number of carbonyl (C=O) groups excluding carboxylic acids is 1. The number of rotatable bonds is 5. The minimum atomic E-state index is -0.702. The van der Waals surface area contributed by atoms with Gasteiger partial charge < -0.3 is 9.47 Å². The second-order valence-corrected chi connectivity index (χ2v) is 5.05. The molecular formula is C18H13ClFNO3. The normalized spacial score (nSPS) is 10.4. The molecule has 0 amide bonds. The van der Waals surface area contributed by atoms with E-state index < -0.39 is 11.8 Å². The fourth-order valence-electron chi connectivity index (χ4n) is 1.90. The van der Waals surface area contributed by atoms with Crippen molar-refractivity contribution in [1.29, 1.82) is 5.26 Å². The van der Waals surface area contributed by atoms with E-state index in [1.165, 1.54) is 36.4 Å². The van der Waals surface area contributed by atoms with E-state index in [-0.39, 0.29) is 16.5 Å². The van der Waals surface area contributed by atoms with Crippen LogP contribution in [-0.2, 0) is 4.79 Å². The third kappa shape index (κ3) is 4.58. The molecule has 0 saturated heterocycles. The lowest BCUT2D eigenvalue weighted by Crippen LogP contribution is -2.06. The lowest BCUT2D eigenvalue weighted by Gasteiger charge is -2.11. The SMILES string of the molecule is CCOc1cc(C#N)cc(Cl)c1OC(=O)/C=C/c1cccc(F)c1. The van der Waals surface area contributed by atoms with Gasteiger partial charge in [-0.3, -0.25) is 0 Å². The number of carbonyl (C=O) groups is 1. The van der Waals surface area contributed by atoms with Crippen molar-refractivity contribution in [3.8, 4) is 17.6 Å². The predicted molar refractivity (Wildman–Crippen MR) is 88.4 cm³/mol. The lowest BCUT2D eigenvalue weighted by molar-refractivity contribution is -0.129. The van der Waals surface area contributed by atoms with Gasteiger partial charge in [0.2, 0.25) is 0 Å². The second kappa shape index (κ2) is 8.14. The zero-order valence-corrected chi connectivity index (χ0v) is 13.5. The van der Waals surface area contributed by atoms with Crippen LogP contribution in [0.1, 0.15) is 18.1 Å². The minimum Gasteiger partial charge on any atom is -0.490 e. The molecular weight excluding hydrogens is 333 g/mol. The topological polar surface area (TPSA) is 59.3 Å². The molecule has 2 rings (SSSR count). The molecule has 2 aromatic carbocycles. The highest BCUT2D eigenvalue weighted by Gasteiger charge is 2.15. The van der Waals surface area contributed by atoms with Gasteiger partial charge in [0.05, 0.1) is 23.3 Å². The molecule has 0 heterocycles. The third-order valence-electron chi connectivity index (χ3n) is 2.90. The van der Waals surface area contributed by atoms with Crippen molar-refractivity contribution in [3.05, 3.63) is 64.4 Å². The molecule has 0 bridgehead atoms. The molecule has 0 fully saturated rings. The Hall–Kier alpha value is -2.84. The van der Waals surface area contributed by atoms with Crippen LogP contribution in [0.2, 0.25) is 5.02 Å². The number of nitrogens with zero attached hydrogens (tertiary/aromatic N) is 1. The zero-order chi connectivity index (χ0) is 17.5.